The van der Waals surface area contributed by atoms with Crippen LogP contribution in [-0.4, -0.2) is 23.4 Å². The fraction of sp³-hybridized carbons (Fsp3) is 0.333. The summed E-state index contributed by atoms with van der Waals surface area (Å²) in [6.07, 6.45) is 0.921. The molecule has 1 aliphatic heterocycles. The maximum atomic E-state index is 5.94. The van der Waals surface area contributed by atoms with Crippen molar-refractivity contribution in [3.8, 4) is 11.5 Å². The summed E-state index contributed by atoms with van der Waals surface area (Å²) in [6, 6.07) is 5.17. The van der Waals surface area contributed by atoms with E-state index in [1.807, 2.05) is 0 Å². The molecule has 1 aromatic carbocycles. The highest BCUT2D eigenvalue weighted by Crippen LogP contribution is 2.30. The molecule has 18 heavy (non-hydrogen) atoms. The van der Waals surface area contributed by atoms with Gasteiger partial charge in [0.05, 0.1) is 12.2 Å². The number of aromatic nitrogens is 2. The predicted molar refractivity (Wildman–Crippen MR) is 67.3 cm³/mol. The van der Waals surface area contributed by atoms with E-state index in [1.54, 1.807) is 18.2 Å². The quantitative estimate of drug-likeness (QED) is 0.845. The van der Waals surface area contributed by atoms with Crippen molar-refractivity contribution in [2.24, 2.45) is 0 Å². The third kappa shape index (κ3) is 2.07. The second kappa shape index (κ2) is 4.59. The van der Waals surface area contributed by atoms with E-state index in [0.29, 0.717) is 34.6 Å². The molecule has 3 rings (SSSR count). The molecule has 0 bridgehead atoms. The van der Waals surface area contributed by atoms with Crippen molar-refractivity contribution in [2.75, 3.05) is 18.9 Å². The van der Waals surface area contributed by atoms with Gasteiger partial charge in [-0.3, -0.25) is 0 Å². The van der Waals surface area contributed by atoms with Gasteiger partial charge in [-0.1, -0.05) is 16.8 Å². The van der Waals surface area contributed by atoms with Gasteiger partial charge in [0, 0.05) is 23.2 Å². The Morgan fingerprint density at radius 1 is 1.39 bits per heavy atom. The third-order valence-electron chi connectivity index (χ3n) is 2.98. The monoisotopic (exact) mass is 265 g/mol. The van der Waals surface area contributed by atoms with Crippen LogP contribution in [0.25, 0.3) is 11.5 Å². The van der Waals surface area contributed by atoms with Crippen molar-refractivity contribution in [3.05, 3.63) is 29.0 Å². The average molecular weight is 266 g/mol. The Bertz CT molecular complexity index is 564. The molecule has 0 saturated carbocycles. The van der Waals surface area contributed by atoms with Crippen molar-refractivity contribution < 1.29 is 9.26 Å². The lowest BCUT2D eigenvalue weighted by atomic mass is 10.1. The minimum atomic E-state index is 0.211. The smallest absolute Gasteiger partial charge is 0.260 e. The zero-order chi connectivity index (χ0) is 12.5. The van der Waals surface area contributed by atoms with Crippen LogP contribution in [0.5, 0.6) is 0 Å². The highest BCUT2D eigenvalue weighted by Gasteiger charge is 2.23. The number of benzene rings is 1. The highest BCUT2D eigenvalue weighted by molar-refractivity contribution is 6.31. The number of rotatable bonds is 2. The first-order valence-electron chi connectivity index (χ1n) is 5.71. The number of hydrogen-bond donors (Lipinski definition) is 1. The van der Waals surface area contributed by atoms with Gasteiger partial charge in [-0.2, -0.15) is 4.98 Å². The van der Waals surface area contributed by atoms with Gasteiger partial charge in [0.2, 0.25) is 0 Å². The standard InChI is InChI=1S/C12H12ClN3O2/c13-8-1-2-10(14)9(5-8)12-15-11(16-18-12)7-3-4-17-6-7/h1-2,5,7H,3-4,6,14H2. The van der Waals surface area contributed by atoms with E-state index >= 15 is 0 Å². The van der Waals surface area contributed by atoms with E-state index in [-0.39, 0.29) is 5.92 Å². The van der Waals surface area contributed by atoms with Crippen LogP contribution in [0.4, 0.5) is 5.69 Å². The summed E-state index contributed by atoms with van der Waals surface area (Å²) < 4.78 is 10.5. The molecule has 1 aliphatic rings. The van der Waals surface area contributed by atoms with Gasteiger partial charge in [0.25, 0.3) is 5.89 Å². The molecule has 1 saturated heterocycles. The second-order valence-corrected chi connectivity index (χ2v) is 4.69. The average Bonchev–Trinajstić information content (AvgIpc) is 3.00. The van der Waals surface area contributed by atoms with Crippen LogP contribution in [0, 0.1) is 0 Å². The molecule has 1 aromatic heterocycles. The maximum Gasteiger partial charge on any atom is 0.260 e. The number of nitrogens with zero attached hydrogens (tertiary/aromatic N) is 2. The Morgan fingerprint density at radius 3 is 3.06 bits per heavy atom. The zero-order valence-electron chi connectivity index (χ0n) is 9.60. The van der Waals surface area contributed by atoms with Gasteiger partial charge in [-0.25, -0.2) is 0 Å². The molecule has 2 N–H and O–H groups in total. The number of ether oxygens (including phenoxy) is 1. The van der Waals surface area contributed by atoms with Crippen LogP contribution in [0.1, 0.15) is 18.2 Å². The predicted octanol–water partition coefficient (Wildman–Crippen LogP) is 2.48. The molecule has 2 heterocycles. The summed E-state index contributed by atoms with van der Waals surface area (Å²) in [7, 11) is 0. The number of anilines is 1. The van der Waals surface area contributed by atoms with Crippen LogP contribution >= 0.6 is 11.6 Å². The lowest BCUT2D eigenvalue weighted by Crippen LogP contribution is -1.99. The molecule has 6 heteroatoms. The summed E-state index contributed by atoms with van der Waals surface area (Å²) in [5.74, 6) is 1.28. The van der Waals surface area contributed by atoms with Gasteiger partial charge in [-0.15, -0.1) is 0 Å². The number of nitrogen functional groups attached to an aromatic ring is 1. The second-order valence-electron chi connectivity index (χ2n) is 4.25. The van der Waals surface area contributed by atoms with Crippen LogP contribution in [0.2, 0.25) is 5.02 Å². The molecular formula is C12H12ClN3O2. The molecule has 0 spiro atoms. The Morgan fingerprint density at radius 2 is 2.28 bits per heavy atom. The fourth-order valence-electron chi connectivity index (χ4n) is 1.96. The summed E-state index contributed by atoms with van der Waals surface area (Å²) in [5.41, 5.74) is 7.11. The van der Waals surface area contributed by atoms with Crippen molar-refractivity contribution in [3.63, 3.8) is 0 Å². The van der Waals surface area contributed by atoms with Crippen LogP contribution in [-0.2, 0) is 4.74 Å². The van der Waals surface area contributed by atoms with Gasteiger partial charge < -0.3 is 15.0 Å². The van der Waals surface area contributed by atoms with Crippen LogP contribution in [0.3, 0.4) is 0 Å². The van der Waals surface area contributed by atoms with Crippen molar-refractivity contribution >= 4 is 17.3 Å². The Kier molecular flexibility index (Phi) is 2.93. The first-order chi connectivity index (χ1) is 8.74. The Hall–Kier alpha value is -1.59. The van der Waals surface area contributed by atoms with Gasteiger partial charge >= 0.3 is 0 Å². The van der Waals surface area contributed by atoms with Crippen molar-refractivity contribution in [2.45, 2.75) is 12.3 Å². The Labute approximate surface area is 109 Å². The molecule has 1 unspecified atom stereocenters. The SMILES string of the molecule is Nc1ccc(Cl)cc1-c1nc(C2CCOC2)no1. The maximum absolute atomic E-state index is 5.94. The summed E-state index contributed by atoms with van der Waals surface area (Å²) >= 11 is 5.94. The lowest BCUT2D eigenvalue weighted by Gasteiger charge is -2.00. The van der Waals surface area contributed by atoms with E-state index in [2.05, 4.69) is 10.1 Å². The van der Waals surface area contributed by atoms with E-state index in [1.165, 1.54) is 0 Å². The molecule has 0 radical (unpaired) electrons. The van der Waals surface area contributed by atoms with E-state index in [0.717, 1.165) is 13.0 Å². The Balaban J connectivity index is 1.94. The topological polar surface area (TPSA) is 74.2 Å². The minimum absolute atomic E-state index is 0.211. The van der Waals surface area contributed by atoms with Crippen molar-refractivity contribution in [1.82, 2.24) is 10.1 Å². The van der Waals surface area contributed by atoms with Crippen LogP contribution < -0.4 is 5.73 Å². The lowest BCUT2D eigenvalue weighted by molar-refractivity contribution is 0.192. The number of hydrogen-bond acceptors (Lipinski definition) is 5. The van der Waals surface area contributed by atoms with E-state index in [9.17, 15) is 0 Å². The van der Waals surface area contributed by atoms with Gasteiger partial charge in [0.15, 0.2) is 5.82 Å². The molecule has 0 aliphatic carbocycles. The molecular weight excluding hydrogens is 254 g/mol. The van der Waals surface area contributed by atoms with Gasteiger partial charge in [0.1, 0.15) is 0 Å². The number of halogens is 1. The minimum Gasteiger partial charge on any atom is -0.398 e. The molecule has 94 valence electrons. The molecule has 1 fully saturated rings. The largest absolute Gasteiger partial charge is 0.398 e. The molecule has 0 amide bonds. The van der Waals surface area contributed by atoms with E-state index < -0.39 is 0 Å². The molecule has 2 aromatic rings. The summed E-state index contributed by atoms with van der Waals surface area (Å²) in [4.78, 5) is 4.37. The number of nitrogens with two attached hydrogens (primary N) is 1. The zero-order valence-corrected chi connectivity index (χ0v) is 10.4. The molecule has 1 atom stereocenters. The first kappa shape index (κ1) is 11.5. The summed E-state index contributed by atoms with van der Waals surface area (Å²) in [6.45, 7) is 1.39. The fourth-order valence-corrected chi connectivity index (χ4v) is 2.13. The third-order valence-corrected chi connectivity index (χ3v) is 3.22. The van der Waals surface area contributed by atoms with E-state index in [4.69, 9.17) is 26.6 Å². The van der Waals surface area contributed by atoms with Crippen molar-refractivity contribution in [1.29, 1.82) is 0 Å². The molecule has 5 nitrogen and oxygen atoms in total. The summed E-state index contributed by atoms with van der Waals surface area (Å²) in [5, 5.41) is 4.57. The normalized spacial score (nSPS) is 19.3. The van der Waals surface area contributed by atoms with Gasteiger partial charge in [-0.05, 0) is 24.6 Å². The highest BCUT2D eigenvalue weighted by atomic mass is 35.5. The first-order valence-corrected chi connectivity index (χ1v) is 6.08. The van der Waals surface area contributed by atoms with Crippen LogP contribution in [0.15, 0.2) is 22.7 Å².